The van der Waals surface area contributed by atoms with Crippen molar-refractivity contribution in [2.24, 2.45) is 17.6 Å². The molecule has 0 saturated carbocycles. The molecule has 0 aliphatic carbocycles. The van der Waals surface area contributed by atoms with E-state index in [1.165, 1.54) is 4.90 Å². The molecule has 1 aliphatic rings. The average Bonchev–Trinajstić information content (AvgIpc) is 3.17. The lowest BCUT2D eigenvalue weighted by molar-refractivity contribution is -0.150. The molecule has 166 valence electrons. The maximum Gasteiger partial charge on any atom is 0.326 e. The molecule has 1 rings (SSSR count). The third kappa shape index (κ3) is 6.60. The maximum absolute atomic E-state index is 13.0. The smallest absolute Gasteiger partial charge is 0.326 e. The lowest BCUT2D eigenvalue weighted by atomic mass is 9.96. The molecule has 0 aromatic carbocycles. The SMILES string of the molecule is CCC(C)C(NC(=O)C(N)CS)C(=O)NC(C(=O)N1CCCC1C(=O)O)C(C)C. The van der Waals surface area contributed by atoms with Crippen LogP contribution in [-0.2, 0) is 19.2 Å². The summed E-state index contributed by atoms with van der Waals surface area (Å²) >= 11 is 4.00. The summed E-state index contributed by atoms with van der Waals surface area (Å²) in [5, 5.41) is 14.7. The number of amides is 3. The topological polar surface area (TPSA) is 142 Å². The van der Waals surface area contributed by atoms with E-state index in [9.17, 15) is 24.3 Å². The Morgan fingerprint density at radius 3 is 2.21 bits per heavy atom. The van der Waals surface area contributed by atoms with Crippen LogP contribution in [0, 0.1) is 11.8 Å². The van der Waals surface area contributed by atoms with Crippen LogP contribution >= 0.6 is 12.6 Å². The Hall–Kier alpha value is -1.81. The van der Waals surface area contributed by atoms with Gasteiger partial charge >= 0.3 is 5.97 Å². The number of nitrogens with zero attached hydrogens (tertiary/aromatic N) is 1. The van der Waals surface area contributed by atoms with Gasteiger partial charge in [0.25, 0.3) is 0 Å². The molecule has 5 atom stereocenters. The molecule has 1 aliphatic heterocycles. The van der Waals surface area contributed by atoms with Crippen molar-refractivity contribution in [1.29, 1.82) is 0 Å². The Kier molecular flexibility index (Phi) is 9.91. The minimum Gasteiger partial charge on any atom is -0.480 e. The highest BCUT2D eigenvalue weighted by atomic mass is 32.1. The zero-order chi connectivity index (χ0) is 22.3. The van der Waals surface area contributed by atoms with E-state index in [2.05, 4.69) is 23.3 Å². The number of carbonyl (C=O) groups is 4. The fourth-order valence-electron chi connectivity index (χ4n) is 3.27. The van der Waals surface area contributed by atoms with Crippen molar-refractivity contribution in [3.63, 3.8) is 0 Å². The van der Waals surface area contributed by atoms with Crippen LogP contribution in [0.3, 0.4) is 0 Å². The van der Waals surface area contributed by atoms with E-state index in [4.69, 9.17) is 5.73 Å². The molecule has 5 unspecified atom stereocenters. The highest BCUT2D eigenvalue weighted by Crippen LogP contribution is 2.20. The van der Waals surface area contributed by atoms with Crippen molar-refractivity contribution in [2.45, 2.75) is 71.1 Å². The quantitative estimate of drug-likeness (QED) is 0.309. The maximum atomic E-state index is 13.0. The molecular formula is C19H34N4O5S. The van der Waals surface area contributed by atoms with Crippen molar-refractivity contribution < 1.29 is 24.3 Å². The van der Waals surface area contributed by atoms with Gasteiger partial charge < -0.3 is 26.4 Å². The summed E-state index contributed by atoms with van der Waals surface area (Å²) in [5.74, 6) is -2.74. The molecule has 0 aromatic heterocycles. The average molecular weight is 431 g/mol. The van der Waals surface area contributed by atoms with Crippen LogP contribution in [0.25, 0.3) is 0 Å². The molecule has 5 N–H and O–H groups in total. The lowest BCUT2D eigenvalue weighted by Gasteiger charge is -2.32. The first-order chi connectivity index (χ1) is 13.5. The number of rotatable bonds is 10. The number of carboxylic acids is 1. The van der Waals surface area contributed by atoms with E-state index in [1.54, 1.807) is 13.8 Å². The summed E-state index contributed by atoms with van der Waals surface area (Å²) in [6, 6.07) is -3.47. The summed E-state index contributed by atoms with van der Waals surface area (Å²) in [5.41, 5.74) is 5.69. The number of nitrogens with one attached hydrogen (secondary N) is 2. The molecule has 29 heavy (non-hydrogen) atoms. The molecule has 0 radical (unpaired) electrons. The highest BCUT2D eigenvalue weighted by Gasteiger charge is 2.39. The second-order valence-corrected chi connectivity index (χ2v) is 8.28. The van der Waals surface area contributed by atoms with Crippen LogP contribution in [0.2, 0.25) is 0 Å². The van der Waals surface area contributed by atoms with Gasteiger partial charge in [-0.1, -0.05) is 34.1 Å². The van der Waals surface area contributed by atoms with E-state index >= 15 is 0 Å². The molecule has 1 saturated heterocycles. The van der Waals surface area contributed by atoms with Gasteiger partial charge in [-0.25, -0.2) is 4.79 Å². The first-order valence-electron chi connectivity index (χ1n) is 10.1. The summed E-state index contributed by atoms with van der Waals surface area (Å²) in [7, 11) is 0. The predicted octanol–water partition coefficient (Wildman–Crippen LogP) is -0.00920. The molecule has 1 fully saturated rings. The molecule has 9 nitrogen and oxygen atoms in total. The number of nitrogens with two attached hydrogens (primary N) is 1. The van der Waals surface area contributed by atoms with Gasteiger partial charge in [0.15, 0.2) is 0 Å². The summed E-state index contributed by atoms with van der Waals surface area (Å²) in [6.45, 7) is 7.62. The van der Waals surface area contributed by atoms with Gasteiger partial charge in [-0.3, -0.25) is 14.4 Å². The van der Waals surface area contributed by atoms with E-state index in [0.717, 1.165) is 0 Å². The summed E-state index contributed by atoms with van der Waals surface area (Å²) in [4.78, 5) is 50.9. The Morgan fingerprint density at radius 2 is 1.72 bits per heavy atom. The number of aliphatic carboxylic acids is 1. The van der Waals surface area contributed by atoms with Gasteiger partial charge in [0, 0.05) is 12.3 Å². The molecule has 10 heteroatoms. The first-order valence-corrected chi connectivity index (χ1v) is 10.7. The monoisotopic (exact) mass is 430 g/mol. The van der Waals surface area contributed by atoms with Gasteiger partial charge in [-0.2, -0.15) is 12.6 Å². The first kappa shape index (κ1) is 25.2. The van der Waals surface area contributed by atoms with Gasteiger partial charge in [0.1, 0.15) is 18.1 Å². The van der Waals surface area contributed by atoms with Crippen LogP contribution in [-0.4, -0.2) is 70.2 Å². The highest BCUT2D eigenvalue weighted by molar-refractivity contribution is 7.80. The largest absolute Gasteiger partial charge is 0.480 e. The van der Waals surface area contributed by atoms with E-state index in [0.29, 0.717) is 25.8 Å². The second kappa shape index (κ2) is 11.4. The van der Waals surface area contributed by atoms with Gasteiger partial charge in [-0.15, -0.1) is 0 Å². The van der Waals surface area contributed by atoms with Crippen LogP contribution in [0.5, 0.6) is 0 Å². The van der Waals surface area contributed by atoms with Crippen molar-refractivity contribution >= 4 is 36.3 Å². The molecule has 0 aromatic rings. The number of hydrogen-bond acceptors (Lipinski definition) is 6. The third-order valence-corrected chi connectivity index (χ3v) is 5.77. The molecular weight excluding hydrogens is 396 g/mol. The summed E-state index contributed by atoms with van der Waals surface area (Å²) < 4.78 is 0. The second-order valence-electron chi connectivity index (χ2n) is 7.92. The van der Waals surface area contributed by atoms with Crippen LogP contribution in [0.4, 0.5) is 0 Å². The third-order valence-electron chi connectivity index (χ3n) is 5.38. The Bertz CT molecular complexity index is 615. The fourth-order valence-corrected chi connectivity index (χ4v) is 3.43. The number of carboxylic acid groups (broad SMARTS) is 1. The van der Waals surface area contributed by atoms with Crippen molar-refractivity contribution in [2.75, 3.05) is 12.3 Å². The minimum absolute atomic E-state index is 0.138. The number of thiol groups is 1. The van der Waals surface area contributed by atoms with Crippen LogP contribution in [0.1, 0.15) is 47.0 Å². The molecule has 0 bridgehead atoms. The van der Waals surface area contributed by atoms with Crippen LogP contribution in [0.15, 0.2) is 0 Å². The predicted molar refractivity (Wildman–Crippen MR) is 112 cm³/mol. The lowest BCUT2D eigenvalue weighted by Crippen LogP contribution is -2.60. The van der Waals surface area contributed by atoms with Crippen molar-refractivity contribution in [3.8, 4) is 0 Å². The van der Waals surface area contributed by atoms with Gasteiger partial charge in [0.2, 0.25) is 17.7 Å². The van der Waals surface area contributed by atoms with Gasteiger partial charge in [-0.05, 0) is 24.7 Å². The molecule has 0 spiro atoms. The number of likely N-dealkylation sites (tertiary alicyclic amines) is 1. The van der Waals surface area contributed by atoms with Crippen LogP contribution < -0.4 is 16.4 Å². The van der Waals surface area contributed by atoms with Gasteiger partial charge in [0.05, 0.1) is 6.04 Å². The Morgan fingerprint density at radius 1 is 1.14 bits per heavy atom. The standard InChI is InChI=1S/C19H34N4O5S/c1-5-11(4)15(22-16(24)12(20)9-29)17(25)21-14(10(2)3)18(26)23-8-6-7-13(23)19(27)28/h10-15,29H,5-9,20H2,1-4H3,(H,21,25)(H,22,24)(H,27,28). The normalized spacial score (nSPS) is 20.7. The van der Waals surface area contributed by atoms with E-state index in [1.807, 2.05) is 13.8 Å². The van der Waals surface area contributed by atoms with E-state index in [-0.39, 0.29) is 17.6 Å². The van der Waals surface area contributed by atoms with E-state index < -0.39 is 47.9 Å². The minimum atomic E-state index is -1.05. The fraction of sp³-hybridized carbons (Fsp3) is 0.789. The zero-order valence-electron chi connectivity index (χ0n) is 17.6. The number of carbonyl (C=O) groups excluding carboxylic acids is 3. The van der Waals surface area contributed by atoms with Crippen molar-refractivity contribution in [1.82, 2.24) is 15.5 Å². The summed E-state index contributed by atoms with van der Waals surface area (Å²) in [6.07, 6.45) is 1.63. The molecule has 3 amide bonds. The zero-order valence-corrected chi connectivity index (χ0v) is 18.4. The Labute approximate surface area is 177 Å². The Balaban J connectivity index is 2.99. The number of hydrogen-bond donors (Lipinski definition) is 5. The molecule has 1 heterocycles. The van der Waals surface area contributed by atoms with Crippen molar-refractivity contribution in [3.05, 3.63) is 0 Å².